The highest BCUT2D eigenvalue weighted by Gasteiger charge is 2.40. The third-order valence-corrected chi connectivity index (χ3v) is 4.37. The molecule has 0 amide bonds. The van der Waals surface area contributed by atoms with Crippen LogP contribution in [-0.4, -0.2) is 40.1 Å². The zero-order valence-electron chi connectivity index (χ0n) is 13.4. The highest BCUT2D eigenvalue weighted by atomic mass is 79.9. The number of nitrogens with one attached hydrogen (secondary N) is 2. The van der Waals surface area contributed by atoms with Crippen molar-refractivity contribution in [1.82, 2.24) is 15.0 Å². The summed E-state index contributed by atoms with van der Waals surface area (Å²) in [4.78, 5) is 3.89. The molecule has 2 atom stereocenters. The van der Waals surface area contributed by atoms with E-state index < -0.39 is 18.3 Å². The number of aliphatic hydroxyl groups is 1. The second kappa shape index (κ2) is 9.05. The Hall–Kier alpha value is -0.0600. The molecular weight excluding hydrogens is 431 g/mol. The molecule has 1 aromatic heterocycles. The van der Waals surface area contributed by atoms with Gasteiger partial charge in [0.15, 0.2) is 0 Å². The Kier molecular flexibility index (Phi) is 8.28. The van der Waals surface area contributed by atoms with E-state index in [9.17, 15) is 18.3 Å². The van der Waals surface area contributed by atoms with Crippen LogP contribution in [0.2, 0.25) is 5.15 Å². The first-order valence-corrected chi connectivity index (χ1v) is 9.09. The van der Waals surface area contributed by atoms with E-state index in [0.29, 0.717) is 10.2 Å². The lowest BCUT2D eigenvalue weighted by molar-refractivity contribution is -0.149. The summed E-state index contributed by atoms with van der Waals surface area (Å²) >= 11 is 9.96. The monoisotopic (exact) mass is 449 g/mol. The average molecular weight is 451 g/mol. The summed E-state index contributed by atoms with van der Waals surface area (Å²) in [5, 5.41) is 12.9. The van der Waals surface area contributed by atoms with Gasteiger partial charge in [0.05, 0.1) is 6.10 Å². The van der Waals surface area contributed by atoms with Gasteiger partial charge in [-0.2, -0.15) is 13.2 Å². The van der Waals surface area contributed by atoms with E-state index in [1.807, 2.05) is 20.8 Å². The summed E-state index contributed by atoms with van der Waals surface area (Å²) in [7, 11) is 0. The van der Waals surface area contributed by atoms with Crippen LogP contribution in [0, 0.1) is 0 Å². The molecule has 0 saturated carbocycles. The minimum Gasteiger partial charge on any atom is -0.387 e. The number of rotatable bonds is 7. The number of nitrogens with zero attached hydrogens (tertiary/aromatic N) is 1. The van der Waals surface area contributed by atoms with Crippen molar-refractivity contribution in [1.29, 1.82) is 0 Å². The minimum absolute atomic E-state index is 0.0404. The third-order valence-electron chi connectivity index (χ3n) is 2.76. The van der Waals surface area contributed by atoms with Gasteiger partial charge in [0.1, 0.15) is 15.8 Å². The van der Waals surface area contributed by atoms with E-state index in [4.69, 9.17) is 11.6 Å². The maximum Gasteiger partial charge on any atom is 0.405 e. The van der Waals surface area contributed by atoms with Crippen LogP contribution in [0.3, 0.4) is 0 Å². The Morgan fingerprint density at radius 2 is 1.92 bits per heavy atom. The molecule has 0 aromatic carbocycles. The average Bonchev–Trinajstić information content (AvgIpc) is 2.38. The summed E-state index contributed by atoms with van der Waals surface area (Å²) in [6, 6.07) is 1.31. The number of alkyl halides is 3. The summed E-state index contributed by atoms with van der Waals surface area (Å²) < 4.78 is 41.7. The first-order chi connectivity index (χ1) is 10.9. The Labute approximate surface area is 157 Å². The predicted molar refractivity (Wildman–Crippen MR) is 95.1 cm³/mol. The maximum atomic E-state index is 13.0. The van der Waals surface area contributed by atoms with Crippen LogP contribution in [0.4, 0.5) is 13.2 Å². The smallest absolute Gasteiger partial charge is 0.387 e. The van der Waals surface area contributed by atoms with E-state index in [2.05, 4.69) is 31.0 Å². The molecule has 2 unspecified atom stereocenters. The fourth-order valence-corrected chi connectivity index (χ4v) is 3.12. The first kappa shape index (κ1) is 22.0. The molecule has 0 spiro atoms. The molecule has 24 heavy (non-hydrogen) atoms. The molecule has 1 heterocycles. The van der Waals surface area contributed by atoms with Gasteiger partial charge in [-0.05, 0) is 54.4 Å². The van der Waals surface area contributed by atoms with Crippen LogP contribution >= 0.6 is 39.5 Å². The number of halogens is 5. The number of aromatic nitrogens is 1. The van der Waals surface area contributed by atoms with Gasteiger partial charge < -0.3 is 10.4 Å². The van der Waals surface area contributed by atoms with Crippen LogP contribution in [0.1, 0.15) is 32.4 Å². The van der Waals surface area contributed by atoms with Gasteiger partial charge in [-0.25, -0.2) is 4.98 Å². The molecule has 0 aliphatic rings. The third kappa shape index (κ3) is 8.35. The van der Waals surface area contributed by atoms with Crippen LogP contribution in [0.5, 0.6) is 0 Å². The Balaban J connectivity index is 2.57. The van der Waals surface area contributed by atoms with Crippen LogP contribution in [-0.2, 0) is 0 Å². The predicted octanol–water partition coefficient (Wildman–Crippen LogP) is 4.09. The lowest BCUT2D eigenvalue weighted by Gasteiger charge is -2.26. The summed E-state index contributed by atoms with van der Waals surface area (Å²) in [6.45, 7) is 5.06. The van der Waals surface area contributed by atoms with Gasteiger partial charge in [0.25, 0.3) is 0 Å². The molecule has 4 nitrogen and oxygen atoms in total. The van der Waals surface area contributed by atoms with Crippen molar-refractivity contribution in [3.63, 3.8) is 0 Å². The molecule has 0 saturated heterocycles. The fraction of sp³-hybridized carbons (Fsp3) is 0.643. The number of hydrogen-bond donors (Lipinski definition) is 3. The van der Waals surface area contributed by atoms with Crippen LogP contribution in [0.25, 0.3) is 0 Å². The standard InChI is InChI=1S/C14H20BrClF3N3OS/c1-13(2,3)24-22-10(14(17,18)19)7-20-6-9(23)8-4-11(15)21-12(16)5-8/h4-5,9-10,20,22-23H,6-7H2,1-3H3. The first-order valence-electron chi connectivity index (χ1n) is 7.10. The number of aliphatic hydroxyl groups excluding tert-OH is 1. The van der Waals surface area contributed by atoms with Crippen molar-refractivity contribution >= 4 is 39.5 Å². The highest BCUT2D eigenvalue weighted by Crippen LogP contribution is 2.26. The molecule has 0 aliphatic carbocycles. The number of pyridine rings is 1. The molecule has 1 aromatic rings. The van der Waals surface area contributed by atoms with Crippen molar-refractivity contribution in [2.24, 2.45) is 0 Å². The lowest BCUT2D eigenvalue weighted by atomic mass is 10.1. The van der Waals surface area contributed by atoms with E-state index in [0.717, 1.165) is 11.9 Å². The largest absolute Gasteiger partial charge is 0.405 e. The van der Waals surface area contributed by atoms with E-state index in [-0.39, 0.29) is 23.0 Å². The molecule has 3 N–H and O–H groups in total. The topological polar surface area (TPSA) is 57.2 Å². The maximum absolute atomic E-state index is 13.0. The van der Waals surface area contributed by atoms with Crippen molar-refractivity contribution in [3.05, 3.63) is 27.5 Å². The number of hydrogen-bond acceptors (Lipinski definition) is 5. The fourth-order valence-electron chi connectivity index (χ4n) is 1.63. The second-order valence-electron chi connectivity index (χ2n) is 6.15. The molecule has 0 bridgehead atoms. The van der Waals surface area contributed by atoms with Gasteiger partial charge in [0, 0.05) is 17.8 Å². The molecule has 138 valence electrons. The van der Waals surface area contributed by atoms with Gasteiger partial charge in [-0.3, -0.25) is 4.72 Å². The molecule has 0 radical (unpaired) electrons. The van der Waals surface area contributed by atoms with Crippen LogP contribution in [0.15, 0.2) is 16.7 Å². The van der Waals surface area contributed by atoms with Crippen molar-refractivity contribution < 1.29 is 18.3 Å². The lowest BCUT2D eigenvalue weighted by Crippen LogP contribution is -2.48. The molecule has 0 aliphatic heterocycles. The quantitative estimate of drug-likeness (QED) is 0.431. The summed E-state index contributed by atoms with van der Waals surface area (Å²) in [5.41, 5.74) is 0.468. The normalized spacial score (nSPS) is 15.4. The Bertz CT molecular complexity index is 523. The van der Waals surface area contributed by atoms with Crippen molar-refractivity contribution in [2.75, 3.05) is 13.1 Å². The van der Waals surface area contributed by atoms with E-state index >= 15 is 0 Å². The zero-order valence-corrected chi connectivity index (χ0v) is 16.6. The van der Waals surface area contributed by atoms with Gasteiger partial charge >= 0.3 is 6.18 Å². The zero-order chi connectivity index (χ0) is 18.5. The van der Waals surface area contributed by atoms with Gasteiger partial charge in [-0.15, -0.1) is 0 Å². The van der Waals surface area contributed by atoms with Gasteiger partial charge in [-0.1, -0.05) is 23.5 Å². The molecule has 1 rings (SSSR count). The van der Waals surface area contributed by atoms with E-state index in [1.54, 1.807) is 6.07 Å². The summed E-state index contributed by atoms with van der Waals surface area (Å²) in [6.07, 6.45) is -5.38. The Morgan fingerprint density at radius 1 is 1.29 bits per heavy atom. The molecule has 10 heteroatoms. The molecule has 0 fully saturated rings. The Morgan fingerprint density at radius 3 is 2.42 bits per heavy atom. The van der Waals surface area contributed by atoms with Crippen molar-refractivity contribution in [2.45, 2.75) is 43.8 Å². The second-order valence-corrected chi connectivity index (χ2v) is 9.01. The van der Waals surface area contributed by atoms with Crippen molar-refractivity contribution in [3.8, 4) is 0 Å². The minimum atomic E-state index is -4.39. The summed E-state index contributed by atoms with van der Waals surface area (Å²) in [5.74, 6) is 0. The highest BCUT2D eigenvalue weighted by molar-refractivity contribution is 9.10. The van der Waals surface area contributed by atoms with Crippen LogP contribution < -0.4 is 10.0 Å². The van der Waals surface area contributed by atoms with Gasteiger partial charge in [0.2, 0.25) is 0 Å². The van der Waals surface area contributed by atoms with E-state index in [1.165, 1.54) is 6.07 Å². The molecular formula is C14H20BrClF3N3OS. The SMILES string of the molecule is CC(C)(C)SNC(CNCC(O)c1cc(Cl)nc(Br)c1)C(F)(F)F.